The molecule has 179 valence electrons. The van der Waals surface area contributed by atoms with E-state index in [1.54, 1.807) is 0 Å². The van der Waals surface area contributed by atoms with Gasteiger partial charge in [-0.15, -0.1) is 10.3 Å². The van der Waals surface area contributed by atoms with E-state index in [4.69, 9.17) is 4.74 Å². The largest absolute Gasteiger partial charge is 0.379 e. The van der Waals surface area contributed by atoms with E-state index in [-0.39, 0.29) is 11.1 Å². The van der Waals surface area contributed by atoms with Gasteiger partial charge in [0.05, 0.1) is 6.10 Å². The van der Waals surface area contributed by atoms with Gasteiger partial charge in [-0.05, 0) is 134 Å². The molecule has 4 rings (SSSR count). The number of nitrogens with zero attached hydrogens (tertiary/aromatic N) is 1. The zero-order valence-electron chi connectivity index (χ0n) is 21.2. The maximum absolute atomic E-state index is 12.7. The molecule has 1 heterocycles. The SMILES string of the molecule is CCOC1CCC(C2CCC(c3ccc(C4CC(C)(C)N([O])C(C)(C)C4)cc3)CC2)CC1. The van der Waals surface area contributed by atoms with Crippen molar-refractivity contribution >= 4 is 0 Å². The molecule has 32 heavy (non-hydrogen) atoms. The summed E-state index contributed by atoms with van der Waals surface area (Å²) in [4.78, 5) is 0. The van der Waals surface area contributed by atoms with Gasteiger partial charge in [0.1, 0.15) is 0 Å². The average molecular weight is 441 g/mol. The molecule has 3 nitrogen and oxygen atoms in total. The van der Waals surface area contributed by atoms with Crippen LogP contribution in [0.3, 0.4) is 0 Å². The average Bonchev–Trinajstić information content (AvgIpc) is 2.78. The topological polar surface area (TPSA) is 32.4 Å². The lowest BCUT2D eigenvalue weighted by atomic mass is 9.69. The Bertz CT molecular complexity index is 706. The van der Waals surface area contributed by atoms with Crippen LogP contribution in [0.1, 0.15) is 122 Å². The van der Waals surface area contributed by atoms with Crippen molar-refractivity contribution in [2.45, 2.75) is 128 Å². The van der Waals surface area contributed by atoms with Crippen LogP contribution in [0.25, 0.3) is 0 Å². The van der Waals surface area contributed by atoms with Gasteiger partial charge in [0.25, 0.3) is 0 Å². The van der Waals surface area contributed by atoms with Crippen molar-refractivity contribution in [2.24, 2.45) is 11.8 Å². The van der Waals surface area contributed by atoms with Crippen molar-refractivity contribution < 1.29 is 9.94 Å². The Hall–Kier alpha value is -0.900. The van der Waals surface area contributed by atoms with Crippen molar-refractivity contribution in [1.82, 2.24) is 5.06 Å². The summed E-state index contributed by atoms with van der Waals surface area (Å²) in [7, 11) is 0. The molecule has 0 unspecified atom stereocenters. The Labute approximate surface area is 196 Å². The lowest BCUT2D eigenvalue weighted by Gasteiger charge is -2.50. The van der Waals surface area contributed by atoms with Crippen LogP contribution in [-0.4, -0.2) is 28.9 Å². The van der Waals surface area contributed by atoms with Gasteiger partial charge in [-0.25, -0.2) is 0 Å². The van der Waals surface area contributed by atoms with Crippen molar-refractivity contribution in [3.8, 4) is 0 Å². The first-order valence-corrected chi connectivity index (χ1v) is 13.4. The molecule has 1 saturated heterocycles. The lowest BCUT2D eigenvalue weighted by Crippen LogP contribution is -2.57. The van der Waals surface area contributed by atoms with Gasteiger partial charge < -0.3 is 4.74 Å². The molecule has 1 aliphatic heterocycles. The summed E-state index contributed by atoms with van der Waals surface area (Å²) in [6.45, 7) is 11.4. The fraction of sp³-hybridized carbons (Fsp3) is 0.793. The van der Waals surface area contributed by atoms with E-state index in [0.29, 0.717) is 12.0 Å². The second-order valence-electron chi connectivity index (χ2n) is 12.3. The standard InChI is InChI=1S/C29H46NO2/c1-6-32-27-17-15-24(16-18-27)23-9-7-21(8-10-23)22-11-13-25(14-12-22)26-19-28(2,3)30(31)29(4,5)20-26/h11-14,21,23-24,26-27H,6-10,15-20H2,1-5H3. The fourth-order valence-corrected chi connectivity index (χ4v) is 7.43. The first kappa shape index (κ1) is 24.2. The molecule has 0 atom stereocenters. The lowest BCUT2D eigenvalue weighted by molar-refractivity contribution is -0.289. The van der Waals surface area contributed by atoms with Gasteiger partial charge in [0.15, 0.2) is 0 Å². The third-order valence-electron chi connectivity index (χ3n) is 9.03. The molecule has 3 aliphatic rings. The molecule has 0 bridgehead atoms. The Morgan fingerprint density at radius 3 is 1.66 bits per heavy atom. The molecule has 0 N–H and O–H groups in total. The number of hydrogen-bond acceptors (Lipinski definition) is 2. The van der Waals surface area contributed by atoms with E-state index in [2.05, 4.69) is 58.9 Å². The van der Waals surface area contributed by atoms with Crippen LogP contribution in [0.5, 0.6) is 0 Å². The molecule has 1 aromatic carbocycles. The molecular formula is C29H46NO2. The van der Waals surface area contributed by atoms with Crippen LogP contribution < -0.4 is 0 Å². The highest BCUT2D eigenvalue weighted by Crippen LogP contribution is 2.46. The maximum atomic E-state index is 12.7. The van der Waals surface area contributed by atoms with Crippen LogP contribution in [0.15, 0.2) is 24.3 Å². The minimum atomic E-state index is -0.300. The predicted octanol–water partition coefficient (Wildman–Crippen LogP) is 7.64. The van der Waals surface area contributed by atoms with Gasteiger partial charge in [0, 0.05) is 17.7 Å². The summed E-state index contributed by atoms with van der Waals surface area (Å²) in [5, 5.41) is 14.0. The molecule has 3 heteroatoms. The molecule has 2 saturated carbocycles. The van der Waals surface area contributed by atoms with Gasteiger partial charge in [-0.1, -0.05) is 24.3 Å². The Morgan fingerprint density at radius 1 is 0.750 bits per heavy atom. The zero-order valence-corrected chi connectivity index (χ0v) is 21.2. The summed E-state index contributed by atoms with van der Waals surface area (Å²) < 4.78 is 5.86. The van der Waals surface area contributed by atoms with Crippen molar-refractivity contribution in [1.29, 1.82) is 0 Å². The summed E-state index contributed by atoms with van der Waals surface area (Å²) in [6.07, 6.45) is 13.2. The van der Waals surface area contributed by atoms with Crippen molar-refractivity contribution in [3.63, 3.8) is 0 Å². The molecule has 1 aromatic rings. The number of piperidine rings is 1. The monoisotopic (exact) mass is 440 g/mol. The molecule has 3 fully saturated rings. The van der Waals surface area contributed by atoms with E-state index < -0.39 is 0 Å². The summed E-state index contributed by atoms with van der Waals surface area (Å²) in [5.41, 5.74) is 2.35. The first-order chi connectivity index (χ1) is 15.2. The Morgan fingerprint density at radius 2 is 1.19 bits per heavy atom. The first-order valence-electron chi connectivity index (χ1n) is 13.4. The van der Waals surface area contributed by atoms with Gasteiger partial charge in [-0.3, -0.25) is 0 Å². The molecule has 1 radical (unpaired) electrons. The van der Waals surface area contributed by atoms with Crippen LogP contribution in [0.4, 0.5) is 0 Å². The number of rotatable bonds is 5. The summed E-state index contributed by atoms with van der Waals surface area (Å²) in [6, 6.07) is 9.54. The smallest absolute Gasteiger partial charge is 0.0575 e. The van der Waals surface area contributed by atoms with Crippen LogP contribution in [-0.2, 0) is 9.94 Å². The Balaban J connectivity index is 1.31. The summed E-state index contributed by atoms with van der Waals surface area (Å²) in [5.74, 6) is 3.08. The maximum Gasteiger partial charge on any atom is 0.0575 e. The van der Waals surface area contributed by atoms with E-state index in [0.717, 1.165) is 37.2 Å². The normalized spacial score (nSPS) is 33.8. The number of hydroxylamine groups is 2. The van der Waals surface area contributed by atoms with E-state index >= 15 is 0 Å². The highest BCUT2D eigenvalue weighted by atomic mass is 16.5. The highest BCUT2D eigenvalue weighted by molar-refractivity contribution is 5.29. The molecule has 0 aromatic heterocycles. The fourth-order valence-electron chi connectivity index (χ4n) is 7.43. The minimum Gasteiger partial charge on any atom is -0.379 e. The summed E-state index contributed by atoms with van der Waals surface area (Å²) >= 11 is 0. The minimum absolute atomic E-state index is 0.300. The molecule has 0 spiro atoms. The van der Waals surface area contributed by atoms with E-state index in [1.807, 2.05) is 0 Å². The molecule has 2 aliphatic carbocycles. The van der Waals surface area contributed by atoms with Crippen LogP contribution in [0, 0.1) is 11.8 Å². The van der Waals surface area contributed by atoms with Gasteiger partial charge >= 0.3 is 0 Å². The van der Waals surface area contributed by atoms with Gasteiger partial charge in [-0.2, -0.15) is 0 Å². The predicted molar refractivity (Wildman–Crippen MR) is 131 cm³/mol. The van der Waals surface area contributed by atoms with E-state index in [9.17, 15) is 5.21 Å². The van der Waals surface area contributed by atoms with E-state index in [1.165, 1.54) is 67.6 Å². The number of benzene rings is 1. The third-order valence-corrected chi connectivity index (χ3v) is 9.03. The van der Waals surface area contributed by atoms with Gasteiger partial charge in [0.2, 0.25) is 0 Å². The quantitative estimate of drug-likeness (QED) is 0.471. The van der Waals surface area contributed by atoms with Crippen LogP contribution >= 0.6 is 0 Å². The highest BCUT2D eigenvalue weighted by Gasteiger charge is 2.46. The molecule has 0 amide bonds. The van der Waals surface area contributed by atoms with Crippen molar-refractivity contribution in [3.05, 3.63) is 35.4 Å². The second kappa shape index (κ2) is 9.76. The third kappa shape index (κ3) is 5.26. The molecular weight excluding hydrogens is 394 g/mol. The number of ether oxygens (including phenoxy) is 1. The zero-order chi connectivity index (χ0) is 22.9. The number of hydrogen-bond donors (Lipinski definition) is 0. The van der Waals surface area contributed by atoms with Crippen molar-refractivity contribution in [2.75, 3.05) is 6.61 Å². The second-order valence-corrected chi connectivity index (χ2v) is 12.3. The Kier molecular flexibility index (Phi) is 7.39. The van der Waals surface area contributed by atoms with Crippen LogP contribution in [0.2, 0.25) is 0 Å².